The molecule has 1 aliphatic carbocycles. The van der Waals surface area contributed by atoms with Gasteiger partial charge in [-0.2, -0.15) is 0 Å². The number of benzene rings is 2. The number of nitrogens with zero attached hydrogens (tertiary/aromatic N) is 1. The van der Waals surface area contributed by atoms with Gasteiger partial charge in [0.15, 0.2) is 0 Å². The highest BCUT2D eigenvalue weighted by atomic mass is 127. The molecule has 2 aromatic carbocycles. The molecule has 1 fully saturated rings. The zero-order valence-electron chi connectivity index (χ0n) is 14.3. The SMILES string of the molecule is O=C(Nc1ccc2c(c1)CCN(C1CCC1)CC2)c1ccc(I)cc1. The van der Waals surface area contributed by atoms with Crippen molar-refractivity contribution in [2.24, 2.45) is 0 Å². The molecule has 1 N–H and O–H groups in total. The summed E-state index contributed by atoms with van der Waals surface area (Å²) in [6, 6.07) is 14.9. The molecule has 4 rings (SSSR count). The number of fused-ring (bicyclic) bond motifs is 1. The number of carbonyl (C=O) groups is 1. The number of carbonyl (C=O) groups excluding carboxylic acids is 1. The number of rotatable bonds is 3. The van der Waals surface area contributed by atoms with Crippen molar-refractivity contribution in [3.63, 3.8) is 0 Å². The molecule has 0 saturated heterocycles. The van der Waals surface area contributed by atoms with Crippen molar-refractivity contribution in [1.82, 2.24) is 4.90 Å². The summed E-state index contributed by atoms with van der Waals surface area (Å²) in [5.41, 5.74) is 4.43. The third-order valence-electron chi connectivity index (χ3n) is 5.50. The van der Waals surface area contributed by atoms with Gasteiger partial charge in [0.05, 0.1) is 0 Å². The van der Waals surface area contributed by atoms with E-state index in [4.69, 9.17) is 0 Å². The van der Waals surface area contributed by atoms with Crippen LogP contribution in [0.1, 0.15) is 40.7 Å². The highest BCUT2D eigenvalue weighted by molar-refractivity contribution is 14.1. The lowest BCUT2D eigenvalue weighted by Crippen LogP contribution is -2.41. The molecular weight excluding hydrogens is 423 g/mol. The highest BCUT2D eigenvalue weighted by Gasteiger charge is 2.26. The monoisotopic (exact) mass is 446 g/mol. The van der Waals surface area contributed by atoms with Crippen LogP contribution in [0, 0.1) is 3.57 Å². The van der Waals surface area contributed by atoms with Crippen LogP contribution in [0.5, 0.6) is 0 Å². The van der Waals surface area contributed by atoms with Crippen molar-refractivity contribution in [3.8, 4) is 0 Å². The molecule has 0 aromatic heterocycles. The molecule has 0 unspecified atom stereocenters. The quantitative estimate of drug-likeness (QED) is 0.705. The van der Waals surface area contributed by atoms with E-state index < -0.39 is 0 Å². The highest BCUT2D eigenvalue weighted by Crippen LogP contribution is 2.28. The second-order valence-corrected chi connectivity index (χ2v) is 8.31. The van der Waals surface area contributed by atoms with Gasteiger partial charge >= 0.3 is 0 Å². The molecule has 0 bridgehead atoms. The van der Waals surface area contributed by atoms with Crippen LogP contribution < -0.4 is 5.32 Å². The van der Waals surface area contributed by atoms with Crippen molar-refractivity contribution < 1.29 is 4.79 Å². The largest absolute Gasteiger partial charge is 0.322 e. The zero-order chi connectivity index (χ0) is 17.2. The summed E-state index contributed by atoms with van der Waals surface area (Å²) >= 11 is 2.25. The van der Waals surface area contributed by atoms with Gasteiger partial charge in [-0.1, -0.05) is 12.5 Å². The van der Waals surface area contributed by atoms with Gasteiger partial charge in [-0.3, -0.25) is 9.69 Å². The van der Waals surface area contributed by atoms with E-state index in [0.717, 1.165) is 34.7 Å². The normalized spacial score (nSPS) is 18.1. The molecule has 1 aliphatic heterocycles. The number of amides is 1. The van der Waals surface area contributed by atoms with Gasteiger partial charge in [-0.05, 0) is 95.8 Å². The number of halogens is 1. The molecule has 1 amide bonds. The van der Waals surface area contributed by atoms with E-state index in [0.29, 0.717) is 5.56 Å². The lowest BCUT2D eigenvalue weighted by atomic mass is 9.91. The molecule has 4 heteroatoms. The molecule has 2 aliphatic rings. The Bertz CT molecular complexity index is 768. The van der Waals surface area contributed by atoms with Crippen LogP contribution in [0.4, 0.5) is 5.69 Å². The van der Waals surface area contributed by atoms with Gasteiger partial charge in [0.1, 0.15) is 0 Å². The third kappa shape index (κ3) is 3.90. The van der Waals surface area contributed by atoms with E-state index in [9.17, 15) is 4.79 Å². The molecular formula is C21H23IN2O. The topological polar surface area (TPSA) is 32.3 Å². The number of nitrogens with one attached hydrogen (secondary N) is 1. The van der Waals surface area contributed by atoms with E-state index in [1.807, 2.05) is 30.3 Å². The van der Waals surface area contributed by atoms with Gasteiger partial charge in [-0.25, -0.2) is 0 Å². The Labute approximate surface area is 162 Å². The average Bonchev–Trinajstić information content (AvgIpc) is 2.77. The summed E-state index contributed by atoms with van der Waals surface area (Å²) in [6.45, 7) is 2.32. The molecule has 1 saturated carbocycles. The minimum Gasteiger partial charge on any atom is -0.322 e. The van der Waals surface area contributed by atoms with E-state index in [2.05, 4.69) is 44.9 Å². The molecule has 25 heavy (non-hydrogen) atoms. The first-order chi connectivity index (χ1) is 12.2. The second-order valence-electron chi connectivity index (χ2n) is 7.07. The predicted octanol–water partition coefficient (Wildman–Crippen LogP) is 4.50. The summed E-state index contributed by atoms with van der Waals surface area (Å²) < 4.78 is 1.13. The van der Waals surface area contributed by atoms with Crippen LogP contribution >= 0.6 is 22.6 Å². The summed E-state index contributed by atoms with van der Waals surface area (Å²) in [4.78, 5) is 15.1. The van der Waals surface area contributed by atoms with Crippen molar-refractivity contribution in [1.29, 1.82) is 0 Å². The summed E-state index contributed by atoms with van der Waals surface area (Å²) in [5.74, 6) is -0.0407. The zero-order valence-corrected chi connectivity index (χ0v) is 16.5. The maximum absolute atomic E-state index is 12.4. The van der Waals surface area contributed by atoms with Gasteiger partial charge in [-0.15, -0.1) is 0 Å². The first-order valence-corrected chi connectivity index (χ1v) is 10.2. The van der Waals surface area contributed by atoms with Crippen LogP contribution in [0.15, 0.2) is 42.5 Å². The fourth-order valence-electron chi connectivity index (χ4n) is 3.74. The maximum atomic E-state index is 12.4. The van der Waals surface area contributed by atoms with Crippen molar-refractivity contribution >= 4 is 34.2 Å². The van der Waals surface area contributed by atoms with Crippen LogP contribution in [0.25, 0.3) is 0 Å². The second kappa shape index (κ2) is 7.46. The Morgan fingerprint density at radius 3 is 2.40 bits per heavy atom. The van der Waals surface area contributed by atoms with Crippen LogP contribution in [0.3, 0.4) is 0 Å². The standard InChI is InChI=1S/C21H23IN2O/c22-18-7-4-16(5-8-18)21(25)23-19-9-6-15-10-12-24(20-2-1-3-20)13-11-17(15)14-19/h4-9,14,20H,1-3,10-13H2,(H,23,25). The van der Waals surface area contributed by atoms with Gasteiger partial charge < -0.3 is 5.32 Å². The molecule has 0 atom stereocenters. The first-order valence-electron chi connectivity index (χ1n) is 9.12. The fraction of sp³-hybridized carbons (Fsp3) is 0.381. The average molecular weight is 446 g/mol. The van der Waals surface area contributed by atoms with Crippen molar-refractivity contribution in [2.45, 2.75) is 38.1 Å². The number of anilines is 1. The van der Waals surface area contributed by atoms with E-state index in [1.54, 1.807) is 0 Å². The smallest absolute Gasteiger partial charge is 0.255 e. The minimum atomic E-state index is -0.0407. The summed E-state index contributed by atoms with van der Waals surface area (Å²) in [5, 5.41) is 3.05. The van der Waals surface area contributed by atoms with Crippen LogP contribution in [-0.4, -0.2) is 29.9 Å². The van der Waals surface area contributed by atoms with E-state index in [1.165, 1.54) is 36.9 Å². The molecule has 2 aromatic rings. The Balaban J connectivity index is 1.45. The Morgan fingerprint density at radius 2 is 1.72 bits per heavy atom. The van der Waals surface area contributed by atoms with Gasteiger partial charge in [0, 0.05) is 34.0 Å². The summed E-state index contributed by atoms with van der Waals surface area (Å²) in [6.07, 6.45) is 6.33. The Kier molecular flexibility index (Phi) is 5.08. The minimum absolute atomic E-state index is 0.0407. The lowest BCUT2D eigenvalue weighted by molar-refractivity contribution is 0.102. The van der Waals surface area contributed by atoms with Gasteiger partial charge in [0.25, 0.3) is 5.91 Å². The molecule has 130 valence electrons. The third-order valence-corrected chi connectivity index (χ3v) is 6.22. The molecule has 0 spiro atoms. The van der Waals surface area contributed by atoms with Crippen LogP contribution in [0.2, 0.25) is 0 Å². The molecule has 0 radical (unpaired) electrons. The Morgan fingerprint density at radius 1 is 1.00 bits per heavy atom. The summed E-state index contributed by atoms with van der Waals surface area (Å²) in [7, 11) is 0. The lowest BCUT2D eigenvalue weighted by Gasteiger charge is -2.36. The number of hydrogen-bond donors (Lipinski definition) is 1. The number of hydrogen-bond acceptors (Lipinski definition) is 2. The maximum Gasteiger partial charge on any atom is 0.255 e. The first kappa shape index (κ1) is 17.0. The van der Waals surface area contributed by atoms with Crippen LogP contribution in [-0.2, 0) is 12.8 Å². The van der Waals surface area contributed by atoms with Crippen molar-refractivity contribution in [2.75, 3.05) is 18.4 Å². The molecule has 1 heterocycles. The van der Waals surface area contributed by atoms with Gasteiger partial charge in [0.2, 0.25) is 0 Å². The Hall–Kier alpha value is -1.40. The predicted molar refractivity (Wildman–Crippen MR) is 110 cm³/mol. The molecule has 3 nitrogen and oxygen atoms in total. The van der Waals surface area contributed by atoms with Crippen molar-refractivity contribution in [3.05, 3.63) is 62.7 Å². The van der Waals surface area contributed by atoms with E-state index >= 15 is 0 Å². The fourth-order valence-corrected chi connectivity index (χ4v) is 4.10. The van der Waals surface area contributed by atoms with E-state index in [-0.39, 0.29) is 5.91 Å².